The topological polar surface area (TPSA) is 55.8 Å². The van der Waals surface area contributed by atoms with Crippen LogP contribution < -0.4 is 9.47 Å². The van der Waals surface area contributed by atoms with Crippen LogP contribution in [0.4, 0.5) is 8.78 Å². The summed E-state index contributed by atoms with van der Waals surface area (Å²) in [5, 5.41) is 0.611. The molecular formula is C34H27F2NO4S. The van der Waals surface area contributed by atoms with E-state index in [0.717, 1.165) is 30.9 Å². The van der Waals surface area contributed by atoms with Crippen LogP contribution in [0.2, 0.25) is 0 Å². The zero-order chi connectivity index (χ0) is 29.1. The molecule has 42 heavy (non-hydrogen) atoms. The highest BCUT2D eigenvalue weighted by molar-refractivity contribution is 7.23. The first-order valence-corrected chi connectivity index (χ1v) is 14.6. The number of carbonyl (C=O) groups is 2. The van der Waals surface area contributed by atoms with Gasteiger partial charge in [-0.05, 0) is 110 Å². The van der Waals surface area contributed by atoms with Gasteiger partial charge in [0.05, 0.1) is 10.3 Å². The molecule has 5 nitrogen and oxygen atoms in total. The monoisotopic (exact) mass is 583 g/mol. The van der Waals surface area contributed by atoms with Gasteiger partial charge >= 0.3 is 5.97 Å². The summed E-state index contributed by atoms with van der Waals surface area (Å²) in [5.41, 5.74) is 1.77. The number of ketones is 1. The van der Waals surface area contributed by atoms with Crippen molar-refractivity contribution >= 4 is 33.2 Å². The van der Waals surface area contributed by atoms with E-state index in [4.69, 9.17) is 9.47 Å². The number of nitrogens with zero attached hydrogens (tertiary/aromatic N) is 1. The third kappa shape index (κ3) is 5.95. The lowest BCUT2D eigenvalue weighted by molar-refractivity contribution is 0.0737. The second kappa shape index (κ2) is 12.2. The van der Waals surface area contributed by atoms with Crippen molar-refractivity contribution in [3.05, 3.63) is 119 Å². The van der Waals surface area contributed by atoms with Crippen LogP contribution in [0.1, 0.15) is 39.1 Å². The summed E-state index contributed by atoms with van der Waals surface area (Å²) in [7, 11) is 0. The molecule has 1 aliphatic rings. The van der Waals surface area contributed by atoms with Gasteiger partial charge in [-0.1, -0.05) is 12.1 Å². The van der Waals surface area contributed by atoms with Crippen molar-refractivity contribution in [3.8, 4) is 21.9 Å². The summed E-state index contributed by atoms with van der Waals surface area (Å²) < 4.78 is 39.3. The van der Waals surface area contributed by atoms with Crippen molar-refractivity contribution in [1.82, 2.24) is 4.90 Å². The fourth-order valence-corrected chi connectivity index (χ4v) is 6.35. The van der Waals surface area contributed by atoms with Crippen LogP contribution in [0.25, 0.3) is 20.5 Å². The molecule has 5 aromatic rings. The van der Waals surface area contributed by atoms with E-state index in [2.05, 4.69) is 4.90 Å². The molecule has 212 valence electrons. The van der Waals surface area contributed by atoms with E-state index >= 15 is 0 Å². The molecule has 0 amide bonds. The number of ether oxygens (including phenoxy) is 2. The Kier molecular flexibility index (Phi) is 8.08. The summed E-state index contributed by atoms with van der Waals surface area (Å²) in [4.78, 5) is 29.8. The van der Waals surface area contributed by atoms with Crippen molar-refractivity contribution in [2.45, 2.75) is 12.8 Å². The van der Waals surface area contributed by atoms with E-state index in [1.807, 2.05) is 24.3 Å². The number of halogens is 2. The molecule has 0 radical (unpaired) electrons. The Hall–Kier alpha value is -4.40. The van der Waals surface area contributed by atoms with Gasteiger partial charge in [0.15, 0.2) is 5.78 Å². The Morgan fingerprint density at radius 1 is 0.786 bits per heavy atom. The van der Waals surface area contributed by atoms with Crippen LogP contribution in [0.15, 0.2) is 91.0 Å². The van der Waals surface area contributed by atoms with E-state index in [1.165, 1.54) is 72.7 Å². The molecule has 1 aliphatic heterocycles. The van der Waals surface area contributed by atoms with E-state index in [0.29, 0.717) is 32.7 Å². The van der Waals surface area contributed by atoms with Gasteiger partial charge in [-0.15, -0.1) is 11.3 Å². The molecule has 6 rings (SSSR count). The van der Waals surface area contributed by atoms with Crippen LogP contribution in [0.5, 0.6) is 11.5 Å². The van der Waals surface area contributed by atoms with Crippen LogP contribution in [0, 0.1) is 11.6 Å². The van der Waals surface area contributed by atoms with E-state index in [-0.39, 0.29) is 17.1 Å². The van der Waals surface area contributed by atoms with Gasteiger partial charge in [0.1, 0.15) is 29.7 Å². The third-order valence-electron chi connectivity index (χ3n) is 7.29. The molecule has 1 fully saturated rings. The molecular weight excluding hydrogens is 556 g/mol. The highest BCUT2D eigenvalue weighted by atomic mass is 32.1. The second-order valence-electron chi connectivity index (χ2n) is 10.1. The van der Waals surface area contributed by atoms with Gasteiger partial charge in [-0.3, -0.25) is 9.69 Å². The molecule has 0 aliphatic carbocycles. The molecule has 4 aromatic carbocycles. The van der Waals surface area contributed by atoms with Crippen molar-refractivity contribution in [2.24, 2.45) is 0 Å². The predicted octanol–water partition coefficient (Wildman–Crippen LogP) is 7.77. The minimum Gasteiger partial charge on any atom is -0.492 e. The molecule has 0 N–H and O–H groups in total. The molecule has 0 unspecified atom stereocenters. The fraction of sp³-hybridized carbons (Fsp3) is 0.176. The average molecular weight is 584 g/mol. The third-order valence-corrected chi connectivity index (χ3v) is 8.56. The molecule has 0 saturated carbocycles. The fourth-order valence-electron chi connectivity index (χ4n) is 5.09. The molecule has 0 spiro atoms. The summed E-state index contributed by atoms with van der Waals surface area (Å²) in [6.45, 7) is 3.70. The Balaban J connectivity index is 1.35. The molecule has 2 heterocycles. The van der Waals surface area contributed by atoms with Gasteiger partial charge in [-0.25, -0.2) is 13.6 Å². The van der Waals surface area contributed by atoms with Gasteiger partial charge in [-0.2, -0.15) is 0 Å². The highest BCUT2D eigenvalue weighted by Gasteiger charge is 2.24. The molecule has 1 aromatic heterocycles. The lowest BCUT2D eigenvalue weighted by atomic mass is 9.97. The number of esters is 1. The van der Waals surface area contributed by atoms with Crippen molar-refractivity contribution < 1.29 is 27.8 Å². The zero-order valence-corrected chi connectivity index (χ0v) is 23.5. The first kappa shape index (κ1) is 27.8. The number of carbonyl (C=O) groups excluding carboxylic acids is 2. The second-order valence-corrected chi connectivity index (χ2v) is 11.1. The SMILES string of the molecule is O=C(Oc1cccc2c(C(=O)c3ccc(F)cc3)c(-c3ccc(OCCN4CCCC4)cc3)sc12)c1ccc(F)cc1. The van der Waals surface area contributed by atoms with Crippen molar-refractivity contribution in [3.63, 3.8) is 0 Å². The Bertz CT molecular complexity index is 1730. The average Bonchev–Trinajstić information content (AvgIpc) is 3.67. The Morgan fingerprint density at radius 2 is 1.43 bits per heavy atom. The summed E-state index contributed by atoms with van der Waals surface area (Å²) >= 11 is 1.33. The number of thiophene rings is 1. The van der Waals surface area contributed by atoms with Gasteiger partial charge in [0.25, 0.3) is 0 Å². The maximum Gasteiger partial charge on any atom is 0.343 e. The van der Waals surface area contributed by atoms with Crippen molar-refractivity contribution in [1.29, 1.82) is 0 Å². The van der Waals surface area contributed by atoms with Crippen LogP contribution >= 0.6 is 11.3 Å². The highest BCUT2D eigenvalue weighted by Crippen LogP contribution is 2.44. The van der Waals surface area contributed by atoms with Gasteiger partial charge in [0, 0.05) is 27.9 Å². The largest absolute Gasteiger partial charge is 0.492 e. The standard InChI is InChI=1S/C34H27F2NO4S/c35-25-12-6-22(7-13-25)31(38)30-28-4-3-5-29(41-34(39)24-8-14-26(36)15-9-24)33(28)42-32(30)23-10-16-27(17-11-23)40-21-20-37-18-1-2-19-37/h3-17H,1-2,18-21H2. The molecule has 0 bridgehead atoms. The maximum absolute atomic E-state index is 13.9. The summed E-state index contributed by atoms with van der Waals surface area (Å²) in [6, 6.07) is 23.3. The van der Waals surface area contributed by atoms with E-state index < -0.39 is 17.6 Å². The Labute approximate surface area is 245 Å². The minimum absolute atomic E-state index is 0.202. The first-order valence-electron chi connectivity index (χ1n) is 13.8. The maximum atomic E-state index is 13.9. The first-order chi connectivity index (χ1) is 20.5. The molecule has 0 atom stereocenters. The lowest BCUT2D eigenvalue weighted by Gasteiger charge is -2.15. The predicted molar refractivity (Wildman–Crippen MR) is 160 cm³/mol. The normalized spacial score (nSPS) is 13.4. The van der Waals surface area contributed by atoms with Gasteiger partial charge < -0.3 is 9.47 Å². The summed E-state index contributed by atoms with van der Waals surface area (Å²) in [6.07, 6.45) is 2.46. The minimum atomic E-state index is -0.640. The van der Waals surface area contributed by atoms with Crippen LogP contribution in [-0.2, 0) is 0 Å². The lowest BCUT2D eigenvalue weighted by Crippen LogP contribution is -2.25. The van der Waals surface area contributed by atoms with Gasteiger partial charge in [0.2, 0.25) is 0 Å². The number of hydrogen-bond donors (Lipinski definition) is 0. The van der Waals surface area contributed by atoms with Crippen LogP contribution in [-0.4, -0.2) is 42.9 Å². The number of rotatable bonds is 9. The molecule has 8 heteroatoms. The summed E-state index contributed by atoms with van der Waals surface area (Å²) in [5.74, 6) is -0.781. The number of likely N-dealkylation sites (tertiary alicyclic amines) is 1. The zero-order valence-electron chi connectivity index (χ0n) is 22.6. The quantitative estimate of drug-likeness (QED) is 0.101. The van der Waals surface area contributed by atoms with Crippen LogP contribution in [0.3, 0.4) is 0 Å². The molecule has 1 saturated heterocycles. The smallest absolute Gasteiger partial charge is 0.343 e. The van der Waals surface area contributed by atoms with E-state index in [1.54, 1.807) is 18.2 Å². The Morgan fingerprint density at radius 3 is 2.10 bits per heavy atom. The number of hydrogen-bond acceptors (Lipinski definition) is 6. The number of benzene rings is 4. The van der Waals surface area contributed by atoms with E-state index in [9.17, 15) is 18.4 Å². The van der Waals surface area contributed by atoms with Crippen molar-refractivity contribution in [2.75, 3.05) is 26.2 Å². The number of fused-ring (bicyclic) bond motifs is 1.